The molecule has 4 nitrogen and oxygen atoms in total. The van der Waals surface area contributed by atoms with E-state index in [9.17, 15) is 4.79 Å². The molecule has 0 saturated carbocycles. The van der Waals surface area contributed by atoms with Crippen molar-refractivity contribution < 1.29 is 10.0 Å². The zero-order chi connectivity index (χ0) is 11.4. The lowest BCUT2D eigenvalue weighted by Gasteiger charge is -2.00. The van der Waals surface area contributed by atoms with E-state index < -0.39 is 5.91 Å². The lowest BCUT2D eigenvalue weighted by atomic mass is 10.1. The van der Waals surface area contributed by atoms with Crippen LogP contribution in [0.1, 0.15) is 5.56 Å². The maximum absolute atomic E-state index is 10.9. The van der Waals surface area contributed by atoms with Crippen LogP contribution >= 0.6 is 0 Å². The van der Waals surface area contributed by atoms with E-state index in [4.69, 9.17) is 5.21 Å². The molecule has 2 N–H and O–H groups in total. The standard InChI is InChI=1S/C12H10N2O2/c15-12(14-16)6-5-9-7-8-13-11-4-2-1-3-10(9)11/h1-8,16H,(H,14,15). The molecule has 0 radical (unpaired) electrons. The highest BCUT2D eigenvalue weighted by Crippen LogP contribution is 2.17. The summed E-state index contributed by atoms with van der Waals surface area (Å²) in [5.74, 6) is -0.555. The molecule has 2 aromatic rings. The minimum Gasteiger partial charge on any atom is -0.288 e. The van der Waals surface area contributed by atoms with E-state index in [-0.39, 0.29) is 0 Å². The molecule has 0 aliphatic carbocycles. The zero-order valence-electron chi connectivity index (χ0n) is 8.42. The Morgan fingerprint density at radius 1 is 1.31 bits per heavy atom. The summed E-state index contributed by atoms with van der Waals surface area (Å²) in [6.07, 6.45) is 4.58. The zero-order valence-corrected chi connectivity index (χ0v) is 8.42. The number of amides is 1. The van der Waals surface area contributed by atoms with Gasteiger partial charge in [-0.3, -0.25) is 15.0 Å². The Hall–Kier alpha value is -2.20. The van der Waals surface area contributed by atoms with Crippen LogP contribution in [0.4, 0.5) is 0 Å². The second-order valence-corrected chi connectivity index (χ2v) is 3.23. The van der Waals surface area contributed by atoms with Crippen molar-refractivity contribution in [1.82, 2.24) is 10.5 Å². The van der Waals surface area contributed by atoms with Crippen LogP contribution in [0.3, 0.4) is 0 Å². The number of hydroxylamine groups is 1. The topological polar surface area (TPSA) is 62.2 Å². The first-order valence-corrected chi connectivity index (χ1v) is 4.77. The quantitative estimate of drug-likeness (QED) is 0.455. The highest BCUT2D eigenvalue weighted by Gasteiger charge is 1.98. The first-order valence-electron chi connectivity index (χ1n) is 4.77. The minimum atomic E-state index is -0.555. The Kier molecular flexibility index (Phi) is 2.93. The fourth-order valence-corrected chi connectivity index (χ4v) is 1.47. The maximum atomic E-state index is 10.9. The van der Waals surface area contributed by atoms with Crippen molar-refractivity contribution in [2.45, 2.75) is 0 Å². The van der Waals surface area contributed by atoms with Gasteiger partial charge in [-0.15, -0.1) is 0 Å². The van der Waals surface area contributed by atoms with Crippen LogP contribution < -0.4 is 5.48 Å². The molecule has 0 aliphatic heterocycles. The van der Waals surface area contributed by atoms with Gasteiger partial charge >= 0.3 is 0 Å². The molecule has 80 valence electrons. The van der Waals surface area contributed by atoms with Gasteiger partial charge in [0.25, 0.3) is 5.91 Å². The molecule has 0 bridgehead atoms. The number of nitrogens with zero attached hydrogens (tertiary/aromatic N) is 1. The van der Waals surface area contributed by atoms with Crippen molar-refractivity contribution >= 4 is 22.9 Å². The summed E-state index contributed by atoms with van der Waals surface area (Å²) in [5, 5.41) is 9.33. The van der Waals surface area contributed by atoms with Gasteiger partial charge in [-0.1, -0.05) is 18.2 Å². The molecule has 0 aliphatic rings. The molecule has 1 aromatic heterocycles. The Morgan fingerprint density at radius 3 is 2.94 bits per heavy atom. The van der Waals surface area contributed by atoms with Gasteiger partial charge in [0.15, 0.2) is 0 Å². The Bertz CT molecular complexity index is 544. The summed E-state index contributed by atoms with van der Waals surface area (Å²) in [4.78, 5) is 15.1. The highest BCUT2D eigenvalue weighted by molar-refractivity contribution is 5.95. The molecular formula is C12H10N2O2. The summed E-state index contributed by atoms with van der Waals surface area (Å²) >= 11 is 0. The first kappa shape index (κ1) is 10.3. The monoisotopic (exact) mass is 214 g/mol. The number of hydrogen-bond acceptors (Lipinski definition) is 3. The number of carbonyl (C=O) groups is 1. The third-order valence-corrected chi connectivity index (χ3v) is 2.21. The fourth-order valence-electron chi connectivity index (χ4n) is 1.47. The molecule has 16 heavy (non-hydrogen) atoms. The molecule has 1 heterocycles. The summed E-state index contributed by atoms with van der Waals surface area (Å²) in [6, 6.07) is 9.46. The molecule has 2 rings (SSSR count). The first-order chi connectivity index (χ1) is 7.81. The molecule has 0 spiro atoms. The van der Waals surface area contributed by atoms with E-state index in [1.165, 1.54) is 6.08 Å². The van der Waals surface area contributed by atoms with Crippen molar-refractivity contribution in [2.75, 3.05) is 0 Å². The molecule has 0 fully saturated rings. The van der Waals surface area contributed by atoms with Crippen LogP contribution in [0.15, 0.2) is 42.6 Å². The van der Waals surface area contributed by atoms with Crippen molar-refractivity contribution in [3.8, 4) is 0 Å². The molecule has 0 unspecified atom stereocenters. The number of rotatable bonds is 2. The van der Waals surface area contributed by atoms with Gasteiger partial charge in [0, 0.05) is 17.7 Å². The number of carbonyl (C=O) groups excluding carboxylic acids is 1. The van der Waals surface area contributed by atoms with Gasteiger partial charge in [-0.25, -0.2) is 5.48 Å². The van der Waals surface area contributed by atoms with Gasteiger partial charge in [0.2, 0.25) is 0 Å². The molecule has 1 aromatic carbocycles. The lowest BCUT2D eigenvalue weighted by Crippen LogP contribution is -2.14. The Morgan fingerprint density at radius 2 is 2.12 bits per heavy atom. The van der Waals surface area contributed by atoms with Gasteiger partial charge in [-0.05, 0) is 23.8 Å². The molecule has 4 heteroatoms. The van der Waals surface area contributed by atoms with Crippen LogP contribution in [0, 0.1) is 0 Å². The number of aromatic nitrogens is 1. The summed E-state index contributed by atoms with van der Waals surface area (Å²) in [7, 11) is 0. The van der Waals surface area contributed by atoms with Gasteiger partial charge in [-0.2, -0.15) is 0 Å². The largest absolute Gasteiger partial charge is 0.288 e. The maximum Gasteiger partial charge on any atom is 0.267 e. The Labute approximate surface area is 92.2 Å². The number of para-hydroxylation sites is 1. The molecular weight excluding hydrogens is 204 g/mol. The molecule has 0 saturated heterocycles. The Balaban J connectivity index is 2.45. The predicted octanol–water partition coefficient (Wildman–Crippen LogP) is 1.75. The summed E-state index contributed by atoms with van der Waals surface area (Å²) in [6.45, 7) is 0. The number of fused-ring (bicyclic) bond motifs is 1. The van der Waals surface area contributed by atoms with Gasteiger partial charge in [0.1, 0.15) is 0 Å². The lowest BCUT2D eigenvalue weighted by molar-refractivity contribution is -0.124. The van der Waals surface area contributed by atoms with Crippen LogP contribution in [-0.4, -0.2) is 16.1 Å². The van der Waals surface area contributed by atoms with E-state index in [0.29, 0.717) is 0 Å². The van der Waals surface area contributed by atoms with Crippen LogP contribution in [-0.2, 0) is 4.79 Å². The molecule has 0 atom stereocenters. The number of nitrogens with one attached hydrogen (secondary N) is 1. The number of hydrogen-bond donors (Lipinski definition) is 2. The van der Waals surface area contributed by atoms with Crippen molar-refractivity contribution in [3.63, 3.8) is 0 Å². The van der Waals surface area contributed by atoms with Gasteiger partial charge in [0.05, 0.1) is 5.52 Å². The SMILES string of the molecule is O=C(C=Cc1ccnc2ccccc12)NO. The van der Waals surface area contributed by atoms with E-state index in [0.717, 1.165) is 16.5 Å². The average Bonchev–Trinajstić information content (AvgIpc) is 2.35. The fraction of sp³-hybridized carbons (Fsp3) is 0. The molecule has 1 amide bonds. The van der Waals surface area contributed by atoms with Crippen LogP contribution in [0.2, 0.25) is 0 Å². The third-order valence-electron chi connectivity index (χ3n) is 2.21. The van der Waals surface area contributed by atoms with E-state index in [1.54, 1.807) is 17.8 Å². The second-order valence-electron chi connectivity index (χ2n) is 3.23. The summed E-state index contributed by atoms with van der Waals surface area (Å²) < 4.78 is 0. The van der Waals surface area contributed by atoms with Crippen LogP contribution in [0.25, 0.3) is 17.0 Å². The smallest absolute Gasteiger partial charge is 0.267 e. The second kappa shape index (κ2) is 4.55. The number of pyridine rings is 1. The van der Waals surface area contributed by atoms with Crippen LogP contribution in [0.5, 0.6) is 0 Å². The predicted molar refractivity (Wildman–Crippen MR) is 60.7 cm³/mol. The van der Waals surface area contributed by atoms with Crippen molar-refractivity contribution in [1.29, 1.82) is 0 Å². The van der Waals surface area contributed by atoms with Gasteiger partial charge < -0.3 is 0 Å². The highest BCUT2D eigenvalue weighted by atomic mass is 16.5. The van der Waals surface area contributed by atoms with E-state index in [1.807, 2.05) is 30.3 Å². The third kappa shape index (κ3) is 2.07. The average molecular weight is 214 g/mol. The van der Waals surface area contributed by atoms with Crippen molar-refractivity contribution in [2.24, 2.45) is 0 Å². The van der Waals surface area contributed by atoms with E-state index >= 15 is 0 Å². The number of benzene rings is 1. The van der Waals surface area contributed by atoms with E-state index in [2.05, 4.69) is 4.98 Å². The summed E-state index contributed by atoms with van der Waals surface area (Å²) in [5.41, 5.74) is 3.29. The normalized spacial score (nSPS) is 10.8. The minimum absolute atomic E-state index is 0.555. The van der Waals surface area contributed by atoms with Crippen molar-refractivity contribution in [3.05, 3.63) is 48.2 Å².